The van der Waals surface area contributed by atoms with Crippen LogP contribution in [-0.2, 0) is 22.4 Å². The van der Waals surface area contributed by atoms with Gasteiger partial charge in [-0.25, -0.2) is 9.48 Å². The number of nitrogens with zero attached hydrogens (tertiary/aromatic N) is 3. The molecule has 0 spiro atoms. The molecule has 5 rings (SSSR count). The van der Waals surface area contributed by atoms with E-state index in [-0.39, 0.29) is 0 Å². The first-order valence-electron chi connectivity index (χ1n) is 11.0. The number of aromatic nitrogens is 2. The summed E-state index contributed by atoms with van der Waals surface area (Å²) in [6, 6.07) is 13.7. The van der Waals surface area contributed by atoms with Gasteiger partial charge in [-0.3, -0.25) is 4.79 Å². The molecular weight excluding hydrogens is 468 g/mol. The Labute approximate surface area is 204 Å². The number of carbonyl (C=O) groups excluding carboxylic acids is 2. The van der Waals surface area contributed by atoms with Crippen LogP contribution in [0.2, 0.25) is 0 Å². The fourth-order valence-corrected chi connectivity index (χ4v) is 6.67. The van der Waals surface area contributed by atoms with Crippen molar-refractivity contribution in [2.45, 2.75) is 33.1 Å². The van der Waals surface area contributed by atoms with Crippen LogP contribution >= 0.6 is 22.7 Å². The number of rotatable bonds is 5. The Morgan fingerprint density at radius 3 is 2.85 bits per heavy atom. The molecule has 0 saturated carbocycles. The second-order valence-electron chi connectivity index (χ2n) is 8.45. The number of esters is 1. The van der Waals surface area contributed by atoms with Gasteiger partial charge in [-0.1, -0.05) is 25.1 Å². The summed E-state index contributed by atoms with van der Waals surface area (Å²) >= 11 is 2.73. The number of ether oxygens (including phenoxy) is 1. The predicted octanol–water partition coefficient (Wildman–Crippen LogP) is 5.25. The molecular formula is C25H22N4O3S2. The average molecular weight is 491 g/mol. The predicted molar refractivity (Wildman–Crippen MR) is 133 cm³/mol. The molecule has 1 aromatic carbocycles. The molecule has 3 aromatic heterocycles. The van der Waals surface area contributed by atoms with Crippen LogP contribution in [0.4, 0.5) is 5.00 Å². The number of nitriles is 1. The molecule has 0 saturated heterocycles. The van der Waals surface area contributed by atoms with Crippen molar-refractivity contribution in [1.82, 2.24) is 9.78 Å². The lowest BCUT2D eigenvalue weighted by molar-refractivity contribution is -0.119. The van der Waals surface area contributed by atoms with Gasteiger partial charge in [0.2, 0.25) is 0 Å². The van der Waals surface area contributed by atoms with E-state index in [9.17, 15) is 14.9 Å². The number of carbonyl (C=O) groups is 2. The third kappa shape index (κ3) is 4.11. The minimum Gasteiger partial charge on any atom is -0.451 e. The monoisotopic (exact) mass is 490 g/mol. The van der Waals surface area contributed by atoms with Crippen LogP contribution in [0, 0.1) is 24.2 Å². The average Bonchev–Trinajstić information content (AvgIpc) is 3.50. The maximum Gasteiger partial charge on any atom is 0.348 e. The summed E-state index contributed by atoms with van der Waals surface area (Å²) in [6.45, 7) is 3.67. The van der Waals surface area contributed by atoms with E-state index >= 15 is 0 Å². The van der Waals surface area contributed by atoms with E-state index in [1.54, 1.807) is 6.07 Å². The van der Waals surface area contributed by atoms with Crippen molar-refractivity contribution in [3.8, 4) is 11.8 Å². The highest BCUT2D eigenvalue weighted by molar-refractivity contribution is 7.20. The van der Waals surface area contributed by atoms with Gasteiger partial charge in [0.05, 0.1) is 16.9 Å². The first kappa shape index (κ1) is 22.3. The van der Waals surface area contributed by atoms with Crippen LogP contribution in [0.15, 0.2) is 36.4 Å². The van der Waals surface area contributed by atoms with Gasteiger partial charge >= 0.3 is 5.97 Å². The van der Waals surface area contributed by atoms with Crippen LogP contribution in [0.3, 0.4) is 0 Å². The number of anilines is 1. The molecule has 0 fully saturated rings. The van der Waals surface area contributed by atoms with Gasteiger partial charge in [0.25, 0.3) is 5.91 Å². The number of fused-ring (bicyclic) bond motifs is 2. The van der Waals surface area contributed by atoms with Crippen molar-refractivity contribution in [3.05, 3.63) is 63.0 Å². The highest BCUT2D eigenvalue weighted by Crippen LogP contribution is 2.39. The zero-order valence-corrected chi connectivity index (χ0v) is 20.4. The number of thiophene rings is 2. The number of aryl methyl sites for hydroxylation is 1. The zero-order chi connectivity index (χ0) is 23.8. The zero-order valence-electron chi connectivity index (χ0n) is 18.8. The van der Waals surface area contributed by atoms with Gasteiger partial charge in [-0.05, 0) is 55.9 Å². The topological polar surface area (TPSA) is 97.0 Å². The molecule has 1 unspecified atom stereocenters. The number of nitrogens with one attached hydrogen (secondary N) is 1. The van der Waals surface area contributed by atoms with Gasteiger partial charge in [-0.15, -0.1) is 22.7 Å². The molecule has 1 atom stereocenters. The standard InChI is InChI=1S/C25H22N4O3S2/c1-14-8-9-17-19(12-26)23(33-20(17)10-14)27-22(30)13-32-25(31)21-11-18-15(2)28-29(24(18)34-21)16-6-4-3-5-7-16/h3-7,11,14H,8-10,13H2,1-2H3,(H,27,30). The van der Waals surface area contributed by atoms with Crippen molar-refractivity contribution in [1.29, 1.82) is 5.26 Å². The van der Waals surface area contributed by atoms with Gasteiger partial charge in [0.15, 0.2) is 6.61 Å². The molecule has 9 heteroatoms. The molecule has 1 aliphatic rings. The van der Waals surface area contributed by atoms with E-state index < -0.39 is 18.5 Å². The smallest absolute Gasteiger partial charge is 0.348 e. The van der Waals surface area contributed by atoms with E-state index in [2.05, 4.69) is 23.4 Å². The molecule has 34 heavy (non-hydrogen) atoms. The summed E-state index contributed by atoms with van der Waals surface area (Å²) in [5.41, 5.74) is 3.30. The quantitative estimate of drug-likeness (QED) is 0.386. The Hall–Kier alpha value is -3.48. The van der Waals surface area contributed by atoms with Crippen LogP contribution in [0.5, 0.6) is 0 Å². The molecule has 3 heterocycles. The minimum atomic E-state index is -0.560. The summed E-state index contributed by atoms with van der Waals surface area (Å²) < 4.78 is 7.10. The Balaban J connectivity index is 1.28. The summed E-state index contributed by atoms with van der Waals surface area (Å²) in [5, 5.41) is 18.4. The lowest BCUT2D eigenvalue weighted by Gasteiger charge is -2.17. The van der Waals surface area contributed by atoms with Gasteiger partial charge in [-0.2, -0.15) is 10.4 Å². The lowest BCUT2D eigenvalue weighted by Crippen LogP contribution is -2.20. The van der Waals surface area contributed by atoms with E-state index in [1.165, 1.54) is 22.7 Å². The molecule has 0 aliphatic heterocycles. The molecule has 172 valence electrons. The molecule has 7 nitrogen and oxygen atoms in total. The molecule has 0 bridgehead atoms. The number of amides is 1. The van der Waals surface area contributed by atoms with Crippen molar-refractivity contribution < 1.29 is 14.3 Å². The molecule has 1 amide bonds. The Bertz CT molecular complexity index is 1440. The second kappa shape index (κ2) is 9.05. The van der Waals surface area contributed by atoms with Crippen molar-refractivity contribution in [3.63, 3.8) is 0 Å². The number of hydrogen-bond acceptors (Lipinski definition) is 7. The fraction of sp³-hybridized carbons (Fsp3) is 0.280. The molecule has 1 aliphatic carbocycles. The van der Waals surface area contributed by atoms with E-state index in [0.717, 1.165) is 51.3 Å². The number of benzene rings is 1. The highest BCUT2D eigenvalue weighted by atomic mass is 32.1. The lowest BCUT2D eigenvalue weighted by atomic mass is 9.89. The first-order chi connectivity index (χ1) is 16.4. The second-order valence-corrected chi connectivity index (χ2v) is 10.6. The maximum absolute atomic E-state index is 12.7. The number of para-hydroxylation sites is 1. The SMILES string of the molecule is Cc1nn(-c2ccccc2)c2sc(C(=O)OCC(=O)Nc3sc4c(c3C#N)CCC(C)C4)cc12. The van der Waals surface area contributed by atoms with Crippen LogP contribution in [0.25, 0.3) is 15.9 Å². The molecule has 1 N–H and O–H groups in total. The van der Waals surface area contributed by atoms with Crippen molar-refractivity contribution in [2.24, 2.45) is 5.92 Å². The van der Waals surface area contributed by atoms with E-state index in [1.807, 2.05) is 41.9 Å². The van der Waals surface area contributed by atoms with E-state index in [0.29, 0.717) is 21.4 Å². The third-order valence-corrected chi connectivity index (χ3v) is 8.22. The minimum absolute atomic E-state index is 0.409. The van der Waals surface area contributed by atoms with Gasteiger partial charge in [0.1, 0.15) is 20.8 Å². The normalized spacial score (nSPS) is 15.0. The Morgan fingerprint density at radius 2 is 2.09 bits per heavy atom. The Morgan fingerprint density at radius 1 is 1.29 bits per heavy atom. The largest absolute Gasteiger partial charge is 0.451 e. The van der Waals surface area contributed by atoms with Gasteiger partial charge in [0, 0.05) is 10.3 Å². The summed E-state index contributed by atoms with van der Waals surface area (Å²) in [7, 11) is 0. The van der Waals surface area contributed by atoms with Gasteiger partial charge < -0.3 is 10.1 Å². The summed E-state index contributed by atoms with van der Waals surface area (Å²) in [4.78, 5) is 27.6. The summed E-state index contributed by atoms with van der Waals surface area (Å²) in [6.07, 6.45) is 2.82. The maximum atomic E-state index is 12.7. The first-order valence-corrected chi connectivity index (χ1v) is 12.6. The number of hydrogen-bond donors (Lipinski definition) is 1. The van der Waals surface area contributed by atoms with Crippen LogP contribution < -0.4 is 5.32 Å². The van der Waals surface area contributed by atoms with Crippen LogP contribution in [-0.4, -0.2) is 28.3 Å². The summed E-state index contributed by atoms with van der Waals surface area (Å²) in [5.74, 6) is -0.444. The molecule has 4 aromatic rings. The van der Waals surface area contributed by atoms with Crippen molar-refractivity contribution >= 4 is 49.8 Å². The highest BCUT2D eigenvalue weighted by Gasteiger charge is 2.25. The molecule has 0 radical (unpaired) electrons. The Kier molecular flexibility index (Phi) is 5.94. The van der Waals surface area contributed by atoms with E-state index in [4.69, 9.17) is 4.74 Å². The van der Waals surface area contributed by atoms with Crippen LogP contribution in [0.1, 0.15) is 44.7 Å². The third-order valence-electron chi connectivity index (χ3n) is 5.96. The fourth-order valence-electron chi connectivity index (χ4n) is 4.21. The van der Waals surface area contributed by atoms with Crippen molar-refractivity contribution in [2.75, 3.05) is 11.9 Å².